The smallest absolute Gasteiger partial charge is 0.346 e. The molecule has 0 saturated heterocycles. The predicted molar refractivity (Wildman–Crippen MR) is 80.6 cm³/mol. The number of ether oxygens (including phenoxy) is 1. The van der Waals surface area contributed by atoms with Crippen molar-refractivity contribution in [1.82, 2.24) is 4.98 Å². The second-order valence-corrected chi connectivity index (χ2v) is 3.95. The predicted octanol–water partition coefficient (Wildman–Crippen LogP) is 1.86. The van der Waals surface area contributed by atoms with Crippen LogP contribution in [-0.2, 0) is 0 Å². The summed E-state index contributed by atoms with van der Waals surface area (Å²) in [5, 5.41) is 8.02. The largest absolute Gasteiger partial charge is 0.496 e. The Morgan fingerprint density at radius 3 is 2.20 bits per heavy atom. The van der Waals surface area contributed by atoms with E-state index in [2.05, 4.69) is 10.7 Å². The van der Waals surface area contributed by atoms with E-state index in [4.69, 9.17) is 33.0 Å². The third-order valence-electron chi connectivity index (χ3n) is 2.07. The molecule has 0 fully saturated rings. The fourth-order valence-electron chi connectivity index (χ4n) is 1.29. The molecule has 0 saturated carbocycles. The maximum Gasteiger partial charge on any atom is 0.346 e. The van der Waals surface area contributed by atoms with E-state index in [-0.39, 0.29) is 0 Å². The first-order valence-electron chi connectivity index (χ1n) is 5.60. The highest BCUT2D eigenvalue weighted by atomic mass is 35.5. The number of aromatic nitrogens is 2. The van der Waals surface area contributed by atoms with Gasteiger partial charge in [-0.2, -0.15) is 0 Å². The Morgan fingerprint density at radius 1 is 1.20 bits per heavy atom. The highest BCUT2D eigenvalue weighted by molar-refractivity contribution is 6.35. The molecule has 3 N–H and O–H groups in total. The molecule has 0 bridgehead atoms. The zero-order chi connectivity index (χ0) is 15.5. The number of hydrogen-bond acceptors (Lipinski definition) is 4. The summed E-state index contributed by atoms with van der Waals surface area (Å²) in [4.78, 5) is 4.16. The topological polar surface area (TPSA) is 72.2 Å². The molecule has 5 nitrogen and oxygen atoms in total. The van der Waals surface area contributed by atoms with Gasteiger partial charge in [-0.1, -0.05) is 23.2 Å². The molecule has 0 aliphatic carbocycles. The molecule has 2 rings (SSSR count). The first-order chi connectivity index (χ1) is 9.70. The number of aliphatic hydroxyl groups excluding tert-OH is 1. The molecule has 2 aromatic heterocycles. The fraction of sp³-hybridized carbons (Fsp3) is 0.231. The Morgan fingerprint density at radius 2 is 1.75 bits per heavy atom. The van der Waals surface area contributed by atoms with Crippen LogP contribution in [0.4, 0.5) is 0 Å². The van der Waals surface area contributed by atoms with Gasteiger partial charge in [0.1, 0.15) is 10.8 Å². The number of halogens is 2. The highest BCUT2D eigenvalue weighted by Gasteiger charge is 2.13. The average molecular weight is 319 g/mol. The molecule has 2 aromatic rings. The Kier molecular flexibility index (Phi) is 9.67. The molecular formula is C13H18Cl2N3O2+. The molecular weight excluding hydrogens is 301 g/mol. The van der Waals surface area contributed by atoms with Gasteiger partial charge in [-0.15, -0.1) is 0 Å². The van der Waals surface area contributed by atoms with Crippen LogP contribution in [0.2, 0.25) is 10.0 Å². The van der Waals surface area contributed by atoms with Crippen LogP contribution >= 0.6 is 23.2 Å². The monoisotopic (exact) mass is 318 g/mol. The molecule has 2 heterocycles. The lowest BCUT2D eigenvalue weighted by Crippen LogP contribution is -2.31. The van der Waals surface area contributed by atoms with E-state index in [0.717, 1.165) is 12.9 Å². The van der Waals surface area contributed by atoms with Crippen molar-refractivity contribution in [3.63, 3.8) is 0 Å². The molecule has 7 heteroatoms. The quantitative estimate of drug-likeness (QED) is 0.829. The summed E-state index contributed by atoms with van der Waals surface area (Å²) < 4.78 is 6.86. The van der Waals surface area contributed by atoms with E-state index in [0.29, 0.717) is 15.9 Å². The van der Waals surface area contributed by atoms with E-state index in [1.54, 1.807) is 23.9 Å². The van der Waals surface area contributed by atoms with Crippen molar-refractivity contribution >= 4 is 23.2 Å². The lowest BCUT2D eigenvalue weighted by atomic mass is 10.4. The molecule has 0 radical (unpaired) electrons. The van der Waals surface area contributed by atoms with Gasteiger partial charge >= 0.3 is 5.82 Å². The Bertz CT molecular complexity index is 507. The number of rotatable bonds is 2. The van der Waals surface area contributed by atoms with Crippen molar-refractivity contribution < 1.29 is 14.4 Å². The first-order valence-corrected chi connectivity index (χ1v) is 6.35. The molecule has 0 aliphatic rings. The minimum atomic E-state index is 0.502. The minimum Gasteiger partial charge on any atom is -0.496 e. The number of nitrogens with two attached hydrogens (primary N) is 1. The molecule has 110 valence electrons. The fourth-order valence-corrected chi connectivity index (χ4v) is 1.77. The molecule has 0 spiro atoms. The SMILES string of the molecule is CN.CO.COc1cc[n+](-c2ncc(Cl)cc2Cl)cc1. The second kappa shape index (κ2) is 10.4. The molecule has 0 unspecified atom stereocenters. The number of aliphatic hydroxyl groups is 1. The molecule has 20 heavy (non-hydrogen) atoms. The van der Waals surface area contributed by atoms with Crippen molar-refractivity contribution in [3.8, 4) is 11.6 Å². The zero-order valence-electron chi connectivity index (χ0n) is 11.5. The van der Waals surface area contributed by atoms with Crippen LogP contribution in [0.5, 0.6) is 5.75 Å². The van der Waals surface area contributed by atoms with Crippen molar-refractivity contribution in [1.29, 1.82) is 0 Å². The normalized spacial score (nSPS) is 8.75. The summed E-state index contributed by atoms with van der Waals surface area (Å²) in [6, 6.07) is 5.31. The third-order valence-corrected chi connectivity index (χ3v) is 2.55. The van der Waals surface area contributed by atoms with E-state index >= 15 is 0 Å². The van der Waals surface area contributed by atoms with Gasteiger partial charge in [0.15, 0.2) is 6.20 Å². The molecule has 0 aliphatic heterocycles. The van der Waals surface area contributed by atoms with Crippen LogP contribution in [0.15, 0.2) is 36.8 Å². The van der Waals surface area contributed by atoms with Crippen LogP contribution in [0, 0.1) is 0 Å². The summed E-state index contributed by atoms with van der Waals surface area (Å²) in [7, 11) is 4.12. The summed E-state index contributed by atoms with van der Waals surface area (Å²) in [5.41, 5.74) is 4.50. The van der Waals surface area contributed by atoms with Crippen molar-refractivity contribution in [2.24, 2.45) is 5.73 Å². The van der Waals surface area contributed by atoms with Gasteiger partial charge in [0.2, 0.25) is 0 Å². The lowest BCUT2D eigenvalue weighted by Gasteiger charge is -2.00. The van der Waals surface area contributed by atoms with Crippen molar-refractivity contribution in [2.75, 3.05) is 21.3 Å². The van der Waals surface area contributed by atoms with Gasteiger partial charge in [-0.3, -0.25) is 0 Å². The maximum absolute atomic E-state index is 7.00. The standard InChI is InChI=1S/C11H9Cl2N2O.CH5N.CH4O/c1-16-9-2-4-15(5-3-9)11-10(13)6-8(12)7-14-11;2*1-2/h2-7H,1H3;2H2,1H3;2H,1H3/q+1;;. The number of hydrogen-bond donors (Lipinski definition) is 2. The summed E-state index contributed by atoms with van der Waals surface area (Å²) in [6.45, 7) is 0. The molecule has 0 amide bonds. The van der Waals surface area contributed by atoms with E-state index in [9.17, 15) is 0 Å². The van der Waals surface area contributed by atoms with Crippen molar-refractivity contribution in [3.05, 3.63) is 46.8 Å². The maximum atomic E-state index is 7.00. The van der Waals surface area contributed by atoms with E-state index < -0.39 is 0 Å². The Balaban J connectivity index is 0.000000829. The Labute approximate surface area is 128 Å². The third kappa shape index (κ3) is 5.30. The minimum absolute atomic E-state index is 0.502. The number of pyridine rings is 2. The van der Waals surface area contributed by atoms with Gasteiger partial charge in [-0.25, -0.2) is 4.57 Å². The number of nitrogens with zero attached hydrogens (tertiary/aromatic N) is 2. The molecule has 0 atom stereocenters. The van der Waals surface area contributed by atoms with E-state index in [1.807, 2.05) is 24.5 Å². The number of methoxy groups -OCH3 is 1. The molecule has 0 aromatic carbocycles. The van der Waals surface area contributed by atoms with Crippen LogP contribution in [-0.4, -0.2) is 31.4 Å². The summed E-state index contributed by atoms with van der Waals surface area (Å²) in [5.74, 6) is 1.41. The van der Waals surface area contributed by atoms with Crippen molar-refractivity contribution in [2.45, 2.75) is 0 Å². The lowest BCUT2D eigenvalue weighted by molar-refractivity contribution is -0.599. The van der Waals surface area contributed by atoms with Crippen LogP contribution in [0.25, 0.3) is 5.82 Å². The van der Waals surface area contributed by atoms with E-state index in [1.165, 1.54) is 7.05 Å². The van der Waals surface area contributed by atoms with Crippen LogP contribution in [0.1, 0.15) is 0 Å². The van der Waals surface area contributed by atoms with Gasteiger partial charge in [-0.05, 0) is 18.1 Å². The second-order valence-electron chi connectivity index (χ2n) is 3.10. The highest BCUT2D eigenvalue weighted by Crippen LogP contribution is 2.18. The zero-order valence-corrected chi connectivity index (χ0v) is 13.1. The van der Waals surface area contributed by atoms with Gasteiger partial charge in [0, 0.05) is 19.2 Å². The summed E-state index contributed by atoms with van der Waals surface area (Å²) >= 11 is 11.8. The van der Waals surface area contributed by atoms with Gasteiger partial charge in [0.25, 0.3) is 0 Å². The van der Waals surface area contributed by atoms with Crippen LogP contribution in [0.3, 0.4) is 0 Å². The van der Waals surface area contributed by atoms with Gasteiger partial charge in [0.05, 0.1) is 24.5 Å². The first kappa shape index (κ1) is 18.6. The average Bonchev–Trinajstić information content (AvgIpc) is 2.51. The Hall–Kier alpha value is -1.40. The van der Waals surface area contributed by atoms with Crippen LogP contribution < -0.4 is 15.0 Å². The summed E-state index contributed by atoms with van der Waals surface area (Å²) in [6.07, 6.45) is 5.20. The van der Waals surface area contributed by atoms with Gasteiger partial charge < -0.3 is 15.6 Å².